The second-order valence-electron chi connectivity index (χ2n) is 6.26. The molecule has 0 aromatic heterocycles. The molecule has 0 saturated carbocycles. The average molecular weight is 326 g/mol. The Morgan fingerprint density at radius 2 is 1.44 bits per heavy atom. The van der Waals surface area contributed by atoms with Crippen molar-refractivity contribution in [3.8, 4) is 0 Å². The predicted octanol–water partition coefficient (Wildman–Crippen LogP) is 5.66. The summed E-state index contributed by atoms with van der Waals surface area (Å²) in [4.78, 5) is 12.9. The summed E-state index contributed by atoms with van der Waals surface area (Å²) < 4.78 is 5.65. The number of ether oxygens (including phenoxy) is 1. The number of benzene rings is 4. The predicted molar refractivity (Wildman–Crippen MR) is 102 cm³/mol. The minimum Gasteiger partial charge on any atom is -0.457 e. The normalized spacial score (nSPS) is 10.9. The van der Waals surface area contributed by atoms with Crippen LogP contribution in [0, 0.1) is 6.92 Å². The van der Waals surface area contributed by atoms with Crippen LogP contribution in [0.2, 0.25) is 0 Å². The number of fused-ring (bicyclic) bond motifs is 2. The van der Waals surface area contributed by atoms with Gasteiger partial charge in [-0.1, -0.05) is 78.4 Å². The summed E-state index contributed by atoms with van der Waals surface area (Å²) in [7, 11) is 0. The van der Waals surface area contributed by atoms with E-state index in [0.29, 0.717) is 5.56 Å². The largest absolute Gasteiger partial charge is 0.457 e. The zero-order valence-electron chi connectivity index (χ0n) is 14.0. The fraction of sp³-hybridized carbons (Fsp3) is 0.0870. The van der Waals surface area contributed by atoms with Gasteiger partial charge in [-0.2, -0.15) is 0 Å². The fourth-order valence-corrected chi connectivity index (χ4v) is 3.26. The van der Waals surface area contributed by atoms with Crippen LogP contribution in [0.3, 0.4) is 0 Å². The van der Waals surface area contributed by atoms with E-state index >= 15 is 0 Å². The second-order valence-corrected chi connectivity index (χ2v) is 6.26. The summed E-state index contributed by atoms with van der Waals surface area (Å²) >= 11 is 0. The van der Waals surface area contributed by atoms with Gasteiger partial charge in [-0.15, -0.1) is 0 Å². The first-order valence-corrected chi connectivity index (χ1v) is 8.35. The number of esters is 1. The molecule has 25 heavy (non-hydrogen) atoms. The lowest BCUT2D eigenvalue weighted by Crippen LogP contribution is -2.07. The van der Waals surface area contributed by atoms with Crippen LogP contribution in [-0.2, 0) is 11.3 Å². The number of carbonyl (C=O) groups is 1. The molecule has 2 nitrogen and oxygen atoms in total. The Morgan fingerprint density at radius 3 is 2.08 bits per heavy atom. The Morgan fingerprint density at radius 1 is 0.800 bits per heavy atom. The molecular formula is C23H18O2. The topological polar surface area (TPSA) is 26.3 Å². The minimum atomic E-state index is -0.283. The maximum Gasteiger partial charge on any atom is 0.339 e. The molecule has 0 fully saturated rings. The minimum absolute atomic E-state index is 0.276. The van der Waals surface area contributed by atoms with Crippen molar-refractivity contribution in [1.82, 2.24) is 0 Å². The molecule has 4 aromatic carbocycles. The first-order valence-electron chi connectivity index (χ1n) is 8.35. The fourth-order valence-electron chi connectivity index (χ4n) is 3.26. The van der Waals surface area contributed by atoms with Crippen molar-refractivity contribution in [2.24, 2.45) is 0 Å². The van der Waals surface area contributed by atoms with Crippen LogP contribution in [0.5, 0.6) is 0 Å². The molecule has 122 valence electrons. The number of carbonyl (C=O) groups excluding carboxylic acids is 1. The van der Waals surface area contributed by atoms with Gasteiger partial charge in [-0.3, -0.25) is 0 Å². The number of hydrogen-bond donors (Lipinski definition) is 0. The van der Waals surface area contributed by atoms with Crippen LogP contribution in [0.1, 0.15) is 21.5 Å². The highest BCUT2D eigenvalue weighted by Gasteiger charge is 2.16. The van der Waals surface area contributed by atoms with Crippen LogP contribution in [-0.4, -0.2) is 5.97 Å². The molecule has 0 aliphatic heterocycles. The molecule has 0 N–H and O–H groups in total. The summed E-state index contributed by atoms with van der Waals surface area (Å²) in [5, 5.41) is 3.94. The molecule has 0 saturated heterocycles. The summed E-state index contributed by atoms with van der Waals surface area (Å²) in [5.74, 6) is -0.283. The van der Waals surface area contributed by atoms with Crippen molar-refractivity contribution in [3.05, 3.63) is 95.6 Å². The lowest BCUT2D eigenvalue weighted by molar-refractivity contribution is 0.0477. The van der Waals surface area contributed by atoms with Gasteiger partial charge in [-0.05, 0) is 40.1 Å². The van der Waals surface area contributed by atoms with E-state index in [1.165, 1.54) is 0 Å². The molecule has 0 aliphatic rings. The lowest BCUT2D eigenvalue weighted by Gasteiger charge is -2.11. The van der Waals surface area contributed by atoms with Gasteiger partial charge in [-0.25, -0.2) is 4.79 Å². The van der Waals surface area contributed by atoms with Gasteiger partial charge in [0, 0.05) is 0 Å². The maximum atomic E-state index is 12.9. The lowest BCUT2D eigenvalue weighted by atomic mass is 9.97. The molecule has 0 atom stereocenters. The molecule has 0 aliphatic carbocycles. The van der Waals surface area contributed by atoms with Crippen molar-refractivity contribution in [1.29, 1.82) is 0 Å². The van der Waals surface area contributed by atoms with E-state index in [1.807, 2.05) is 79.7 Å². The van der Waals surface area contributed by atoms with E-state index in [-0.39, 0.29) is 12.6 Å². The maximum absolute atomic E-state index is 12.9. The highest BCUT2D eigenvalue weighted by Crippen LogP contribution is 2.29. The van der Waals surface area contributed by atoms with Crippen molar-refractivity contribution in [2.45, 2.75) is 13.5 Å². The molecule has 0 heterocycles. The van der Waals surface area contributed by atoms with Crippen LogP contribution in [0.15, 0.2) is 78.9 Å². The molecular weight excluding hydrogens is 308 g/mol. The molecule has 0 unspecified atom stereocenters. The van der Waals surface area contributed by atoms with Gasteiger partial charge >= 0.3 is 5.97 Å². The molecule has 4 aromatic rings. The number of aryl methyl sites for hydroxylation is 1. The van der Waals surface area contributed by atoms with Crippen LogP contribution in [0.25, 0.3) is 21.5 Å². The number of hydrogen-bond acceptors (Lipinski definition) is 2. The van der Waals surface area contributed by atoms with Crippen molar-refractivity contribution in [2.75, 3.05) is 0 Å². The van der Waals surface area contributed by atoms with Crippen molar-refractivity contribution < 1.29 is 9.53 Å². The van der Waals surface area contributed by atoms with E-state index in [4.69, 9.17) is 4.74 Å². The van der Waals surface area contributed by atoms with Crippen molar-refractivity contribution >= 4 is 27.5 Å². The Hall–Kier alpha value is -3.13. The second kappa shape index (κ2) is 6.40. The quantitative estimate of drug-likeness (QED) is 0.359. The third kappa shape index (κ3) is 2.99. The van der Waals surface area contributed by atoms with Gasteiger partial charge in [0.05, 0.1) is 5.56 Å². The third-order valence-electron chi connectivity index (χ3n) is 4.43. The highest BCUT2D eigenvalue weighted by atomic mass is 16.5. The third-order valence-corrected chi connectivity index (χ3v) is 4.43. The molecule has 0 bridgehead atoms. The van der Waals surface area contributed by atoms with E-state index in [0.717, 1.165) is 32.7 Å². The molecule has 4 rings (SSSR count). The van der Waals surface area contributed by atoms with E-state index < -0.39 is 0 Å². The van der Waals surface area contributed by atoms with Crippen LogP contribution in [0.4, 0.5) is 0 Å². The zero-order valence-corrected chi connectivity index (χ0v) is 14.0. The SMILES string of the molecule is Cc1cccc(COC(=O)c2c3ccccc3cc3ccccc23)c1. The Kier molecular flexibility index (Phi) is 3.95. The zero-order chi connectivity index (χ0) is 17.2. The first kappa shape index (κ1) is 15.4. The molecule has 0 spiro atoms. The summed E-state index contributed by atoms with van der Waals surface area (Å²) in [6.45, 7) is 2.31. The van der Waals surface area contributed by atoms with Gasteiger partial charge < -0.3 is 4.74 Å². The van der Waals surface area contributed by atoms with Gasteiger partial charge in [0.25, 0.3) is 0 Å². The van der Waals surface area contributed by atoms with E-state index in [2.05, 4.69) is 6.07 Å². The Bertz CT molecular complexity index is 1030. The molecule has 0 amide bonds. The number of rotatable bonds is 3. The average Bonchev–Trinajstić information content (AvgIpc) is 2.64. The van der Waals surface area contributed by atoms with Crippen LogP contribution >= 0.6 is 0 Å². The first-order chi connectivity index (χ1) is 12.2. The highest BCUT2D eigenvalue weighted by molar-refractivity contribution is 6.16. The molecule has 2 heteroatoms. The van der Waals surface area contributed by atoms with E-state index in [1.54, 1.807) is 0 Å². The smallest absolute Gasteiger partial charge is 0.339 e. The summed E-state index contributed by atoms with van der Waals surface area (Å²) in [6.07, 6.45) is 0. The summed E-state index contributed by atoms with van der Waals surface area (Å²) in [5.41, 5.74) is 2.79. The van der Waals surface area contributed by atoms with Crippen LogP contribution < -0.4 is 0 Å². The summed E-state index contributed by atoms with van der Waals surface area (Å²) in [6, 6.07) is 26.0. The van der Waals surface area contributed by atoms with Gasteiger partial charge in [0.15, 0.2) is 0 Å². The van der Waals surface area contributed by atoms with Crippen molar-refractivity contribution in [3.63, 3.8) is 0 Å². The standard InChI is InChI=1S/C23H18O2/c1-16-7-6-8-17(13-16)15-25-23(24)22-20-11-4-2-9-18(20)14-19-10-3-5-12-21(19)22/h2-14H,15H2,1H3. The van der Waals surface area contributed by atoms with E-state index in [9.17, 15) is 4.79 Å². The monoisotopic (exact) mass is 326 g/mol. The van der Waals surface area contributed by atoms with Gasteiger partial charge in [0.2, 0.25) is 0 Å². The van der Waals surface area contributed by atoms with Gasteiger partial charge in [0.1, 0.15) is 6.61 Å². The Balaban J connectivity index is 1.77. The molecule has 0 radical (unpaired) electrons. The Labute approximate surface area is 146 Å².